The number of aryl methyl sites for hydroxylation is 2. The normalized spacial score (nSPS) is 12.3. The van der Waals surface area contributed by atoms with Gasteiger partial charge in [0.1, 0.15) is 0 Å². The minimum absolute atomic E-state index is 0.219. The number of carbonyl (C=O) groups excluding carboxylic acids is 1. The van der Waals surface area contributed by atoms with Gasteiger partial charge in [0.05, 0.1) is 37.4 Å². The molecule has 0 atom stereocenters. The fourth-order valence-electron chi connectivity index (χ4n) is 4.46. The van der Waals surface area contributed by atoms with Crippen LogP contribution in [-0.2, 0) is 19.4 Å². The van der Waals surface area contributed by atoms with Crippen molar-refractivity contribution in [3.05, 3.63) is 82.8 Å². The Labute approximate surface area is 204 Å². The third kappa shape index (κ3) is 4.35. The van der Waals surface area contributed by atoms with Crippen LogP contribution in [0.5, 0.6) is 11.5 Å². The first-order chi connectivity index (χ1) is 17.1. The van der Waals surface area contributed by atoms with Gasteiger partial charge < -0.3 is 14.8 Å². The lowest BCUT2D eigenvalue weighted by molar-refractivity contribution is 0.0950. The van der Waals surface area contributed by atoms with Gasteiger partial charge in [-0.05, 0) is 55.0 Å². The van der Waals surface area contributed by atoms with Crippen molar-refractivity contribution in [1.82, 2.24) is 25.1 Å². The van der Waals surface area contributed by atoms with Crippen molar-refractivity contribution in [3.63, 3.8) is 0 Å². The third-order valence-electron chi connectivity index (χ3n) is 6.36. The Morgan fingerprint density at radius 3 is 2.66 bits per heavy atom. The molecule has 0 unspecified atom stereocenters. The number of aromatic nitrogens is 4. The van der Waals surface area contributed by atoms with Gasteiger partial charge in [0.25, 0.3) is 11.9 Å². The summed E-state index contributed by atoms with van der Waals surface area (Å²) < 4.78 is 12.2. The molecule has 1 aliphatic carbocycles. The van der Waals surface area contributed by atoms with Crippen LogP contribution < -0.4 is 14.8 Å². The van der Waals surface area contributed by atoms with Crippen LogP contribution >= 0.6 is 0 Å². The molecule has 178 valence electrons. The van der Waals surface area contributed by atoms with E-state index in [9.17, 15) is 4.79 Å². The second kappa shape index (κ2) is 9.58. The molecule has 35 heavy (non-hydrogen) atoms. The average Bonchev–Trinajstić information content (AvgIpc) is 3.18. The van der Waals surface area contributed by atoms with Crippen LogP contribution in [0.4, 0.5) is 0 Å². The zero-order valence-corrected chi connectivity index (χ0v) is 20.0. The predicted molar refractivity (Wildman–Crippen MR) is 132 cm³/mol. The van der Waals surface area contributed by atoms with Crippen LogP contribution in [0.25, 0.3) is 17.2 Å². The van der Waals surface area contributed by atoms with Crippen molar-refractivity contribution in [2.24, 2.45) is 0 Å². The van der Waals surface area contributed by atoms with E-state index < -0.39 is 0 Å². The monoisotopic (exact) mass is 469 g/mol. The predicted octanol–water partition coefficient (Wildman–Crippen LogP) is 4.07. The standard InChI is InChI=1S/C27H27N5O3/c1-17-22(26(33)28-14-18-11-12-23(34-2)24(13-18)35-3)16-30-32(17)27-29-15-20-9-6-8-19-7-4-5-10-21(19)25(20)31-27/h4-5,7,10-13,15-16H,6,8-9,14H2,1-3H3,(H,28,33). The van der Waals surface area contributed by atoms with Gasteiger partial charge in [0.15, 0.2) is 11.5 Å². The van der Waals surface area contributed by atoms with Crippen LogP contribution in [0.3, 0.4) is 0 Å². The fourth-order valence-corrected chi connectivity index (χ4v) is 4.46. The zero-order chi connectivity index (χ0) is 24.4. The SMILES string of the molecule is COc1ccc(CNC(=O)c2cnn(-c3ncc4c(n3)-c3ccccc3CCC4)c2C)cc1OC. The Morgan fingerprint density at radius 2 is 1.83 bits per heavy atom. The minimum Gasteiger partial charge on any atom is -0.493 e. The molecule has 4 aromatic rings. The summed E-state index contributed by atoms with van der Waals surface area (Å²) in [5.41, 5.74) is 6.56. The highest BCUT2D eigenvalue weighted by Gasteiger charge is 2.20. The highest BCUT2D eigenvalue weighted by atomic mass is 16.5. The number of rotatable bonds is 6. The van der Waals surface area contributed by atoms with Gasteiger partial charge >= 0.3 is 0 Å². The number of carbonyl (C=O) groups is 1. The van der Waals surface area contributed by atoms with E-state index in [1.807, 2.05) is 37.4 Å². The number of benzene rings is 2. The van der Waals surface area contributed by atoms with Crippen LogP contribution in [0.1, 0.15) is 39.2 Å². The average molecular weight is 470 g/mol. The highest BCUT2D eigenvalue weighted by Crippen LogP contribution is 2.31. The third-order valence-corrected chi connectivity index (χ3v) is 6.36. The Hall–Kier alpha value is -4.20. The lowest BCUT2D eigenvalue weighted by atomic mass is 10.0. The Bertz CT molecular complexity index is 1400. The number of nitrogens with one attached hydrogen (secondary N) is 1. The van der Waals surface area contributed by atoms with Crippen molar-refractivity contribution < 1.29 is 14.3 Å². The molecular formula is C27H27N5O3. The number of hydrogen-bond donors (Lipinski definition) is 1. The van der Waals surface area contributed by atoms with E-state index >= 15 is 0 Å². The highest BCUT2D eigenvalue weighted by molar-refractivity contribution is 5.95. The van der Waals surface area contributed by atoms with Crippen molar-refractivity contribution in [2.45, 2.75) is 32.7 Å². The molecule has 2 aromatic carbocycles. The molecule has 0 saturated heterocycles. The molecule has 0 aliphatic heterocycles. The quantitative estimate of drug-likeness (QED) is 0.458. The number of amides is 1. The van der Waals surface area contributed by atoms with Gasteiger partial charge in [0.2, 0.25) is 0 Å². The molecule has 5 rings (SSSR count). The summed E-state index contributed by atoms with van der Waals surface area (Å²) in [5, 5.41) is 7.39. The molecule has 0 fully saturated rings. The lowest BCUT2D eigenvalue weighted by Crippen LogP contribution is -2.23. The van der Waals surface area contributed by atoms with Gasteiger partial charge in [-0.1, -0.05) is 30.3 Å². The van der Waals surface area contributed by atoms with Crippen LogP contribution in [0, 0.1) is 6.92 Å². The van der Waals surface area contributed by atoms with Crippen LogP contribution in [0.15, 0.2) is 54.9 Å². The molecule has 1 aliphatic rings. The maximum absolute atomic E-state index is 12.9. The minimum atomic E-state index is -0.219. The van der Waals surface area contributed by atoms with Crippen LogP contribution in [0.2, 0.25) is 0 Å². The van der Waals surface area contributed by atoms with Crippen molar-refractivity contribution in [2.75, 3.05) is 14.2 Å². The molecule has 1 N–H and O–H groups in total. The molecule has 0 spiro atoms. The number of hydrogen-bond acceptors (Lipinski definition) is 6. The van der Waals surface area contributed by atoms with Crippen molar-refractivity contribution in [3.8, 4) is 28.7 Å². The second-order valence-electron chi connectivity index (χ2n) is 8.48. The summed E-state index contributed by atoms with van der Waals surface area (Å²) in [6.07, 6.45) is 6.47. The molecule has 0 radical (unpaired) electrons. The summed E-state index contributed by atoms with van der Waals surface area (Å²) in [7, 11) is 3.17. The number of fused-ring (bicyclic) bond motifs is 3. The molecule has 1 amide bonds. The van der Waals surface area contributed by atoms with E-state index in [2.05, 4.69) is 33.6 Å². The molecule has 2 heterocycles. The molecular weight excluding hydrogens is 442 g/mol. The maximum atomic E-state index is 12.9. The topological polar surface area (TPSA) is 91.2 Å². The molecule has 0 bridgehead atoms. The lowest BCUT2D eigenvalue weighted by Gasteiger charge is -2.11. The summed E-state index contributed by atoms with van der Waals surface area (Å²) in [5.74, 6) is 1.49. The summed E-state index contributed by atoms with van der Waals surface area (Å²) >= 11 is 0. The second-order valence-corrected chi connectivity index (χ2v) is 8.48. The number of nitrogens with zero attached hydrogens (tertiary/aromatic N) is 4. The Balaban J connectivity index is 1.38. The Morgan fingerprint density at radius 1 is 1.03 bits per heavy atom. The summed E-state index contributed by atoms with van der Waals surface area (Å²) in [6.45, 7) is 2.19. The van der Waals surface area contributed by atoms with Gasteiger partial charge in [-0.25, -0.2) is 14.6 Å². The van der Waals surface area contributed by atoms with Gasteiger partial charge in [-0.2, -0.15) is 5.10 Å². The van der Waals surface area contributed by atoms with Gasteiger partial charge in [-0.15, -0.1) is 0 Å². The fraction of sp³-hybridized carbons (Fsp3) is 0.259. The van der Waals surface area contributed by atoms with Gasteiger partial charge in [-0.3, -0.25) is 4.79 Å². The van der Waals surface area contributed by atoms with Gasteiger partial charge in [0, 0.05) is 18.3 Å². The van der Waals surface area contributed by atoms with E-state index in [0.717, 1.165) is 41.6 Å². The van der Waals surface area contributed by atoms with E-state index in [1.165, 1.54) is 5.56 Å². The molecule has 2 aromatic heterocycles. The smallest absolute Gasteiger partial charge is 0.255 e. The van der Waals surface area contributed by atoms with Crippen molar-refractivity contribution >= 4 is 5.91 Å². The maximum Gasteiger partial charge on any atom is 0.255 e. The first-order valence-electron chi connectivity index (χ1n) is 11.6. The van der Waals surface area contributed by atoms with E-state index in [1.54, 1.807) is 25.1 Å². The number of methoxy groups -OCH3 is 2. The first-order valence-corrected chi connectivity index (χ1v) is 11.6. The van der Waals surface area contributed by atoms with E-state index in [0.29, 0.717) is 35.2 Å². The Kier molecular flexibility index (Phi) is 6.18. The summed E-state index contributed by atoms with van der Waals surface area (Å²) in [6, 6.07) is 13.9. The summed E-state index contributed by atoms with van der Waals surface area (Å²) in [4.78, 5) is 22.4. The largest absolute Gasteiger partial charge is 0.493 e. The first kappa shape index (κ1) is 22.6. The van der Waals surface area contributed by atoms with Crippen molar-refractivity contribution in [1.29, 1.82) is 0 Å². The molecule has 0 saturated carbocycles. The van der Waals surface area contributed by atoms with Crippen LogP contribution in [-0.4, -0.2) is 39.9 Å². The number of ether oxygens (including phenoxy) is 2. The van der Waals surface area contributed by atoms with E-state index in [-0.39, 0.29) is 5.91 Å². The van der Waals surface area contributed by atoms with E-state index in [4.69, 9.17) is 14.5 Å². The molecule has 8 nitrogen and oxygen atoms in total. The zero-order valence-electron chi connectivity index (χ0n) is 20.0. The molecule has 8 heteroatoms.